The number of anilines is 1. The van der Waals surface area contributed by atoms with Gasteiger partial charge in [-0.3, -0.25) is 9.59 Å². The summed E-state index contributed by atoms with van der Waals surface area (Å²) in [6.07, 6.45) is 0. The van der Waals surface area contributed by atoms with E-state index in [1.54, 1.807) is 6.07 Å². The number of carbonyl (C=O) groups excluding carboxylic acids is 2. The average molecular weight is 373 g/mol. The Kier molecular flexibility index (Phi) is 6.43. The van der Waals surface area contributed by atoms with Crippen LogP contribution in [0.1, 0.15) is 38.8 Å². The summed E-state index contributed by atoms with van der Waals surface area (Å²) in [5.41, 5.74) is 2.49. The summed E-state index contributed by atoms with van der Waals surface area (Å²) in [7, 11) is 0. The molecule has 0 atom stereocenters. The summed E-state index contributed by atoms with van der Waals surface area (Å²) in [6.45, 7) is 8.02. The van der Waals surface area contributed by atoms with Gasteiger partial charge in [-0.25, -0.2) is 0 Å². The number of rotatable bonds is 5. The zero-order valence-electron chi connectivity index (χ0n) is 15.7. The predicted molar refractivity (Wildman–Crippen MR) is 106 cm³/mol. The number of benzene rings is 2. The fourth-order valence-corrected chi connectivity index (χ4v) is 2.95. The van der Waals surface area contributed by atoms with Crippen LogP contribution in [0.5, 0.6) is 0 Å². The molecule has 0 radical (unpaired) electrons. The first kappa shape index (κ1) is 20.0. The Morgan fingerprint density at radius 3 is 2.27 bits per heavy atom. The van der Waals surface area contributed by atoms with Gasteiger partial charge >= 0.3 is 0 Å². The van der Waals surface area contributed by atoms with E-state index in [4.69, 9.17) is 11.6 Å². The summed E-state index contributed by atoms with van der Waals surface area (Å²) in [4.78, 5) is 26.2. The van der Waals surface area contributed by atoms with Crippen LogP contribution in [0.15, 0.2) is 48.5 Å². The zero-order valence-corrected chi connectivity index (χ0v) is 16.4. The smallest absolute Gasteiger partial charge is 0.240 e. The van der Waals surface area contributed by atoms with Gasteiger partial charge in [0.15, 0.2) is 0 Å². The average Bonchev–Trinajstić information content (AvgIpc) is 2.58. The third-order valence-electron chi connectivity index (χ3n) is 4.12. The Bertz CT molecular complexity index is 797. The van der Waals surface area contributed by atoms with Crippen molar-refractivity contribution in [2.45, 2.75) is 39.7 Å². The maximum Gasteiger partial charge on any atom is 0.240 e. The maximum absolute atomic E-state index is 12.4. The van der Waals surface area contributed by atoms with Crippen LogP contribution >= 0.6 is 11.6 Å². The first-order valence-electron chi connectivity index (χ1n) is 8.58. The summed E-state index contributed by atoms with van der Waals surface area (Å²) < 4.78 is 0. The molecule has 0 aliphatic rings. The standard InChI is InChI=1S/C21H25ClN2O2/c1-15(25)24(19-12-8-6-10-17(19)21(2,3)4)14-20(26)23-13-16-9-5-7-11-18(16)22/h5-12H,13-14H2,1-4H3,(H,23,26). The highest BCUT2D eigenvalue weighted by Crippen LogP contribution is 2.31. The number of carbonyl (C=O) groups is 2. The lowest BCUT2D eigenvalue weighted by Gasteiger charge is -2.29. The maximum atomic E-state index is 12.4. The normalized spacial score (nSPS) is 11.1. The zero-order chi connectivity index (χ0) is 19.3. The van der Waals surface area contributed by atoms with Gasteiger partial charge in [-0.2, -0.15) is 0 Å². The second-order valence-corrected chi connectivity index (χ2v) is 7.65. The molecule has 0 aliphatic heterocycles. The third-order valence-corrected chi connectivity index (χ3v) is 4.49. The largest absolute Gasteiger partial charge is 0.350 e. The lowest BCUT2D eigenvalue weighted by molar-refractivity contribution is -0.123. The van der Waals surface area contributed by atoms with Gasteiger partial charge in [0.1, 0.15) is 6.54 Å². The van der Waals surface area contributed by atoms with Gasteiger partial charge in [0.05, 0.1) is 0 Å². The SMILES string of the molecule is CC(=O)N(CC(=O)NCc1ccccc1Cl)c1ccccc1C(C)(C)C. The van der Waals surface area contributed by atoms with Crippen molar-refractivity contribution < 1.29 is 9.59 Å². The molecule has 5 heteroatoms. The minimum absolute atomic E-state index is 0.0348. The molecule has 2 amide bonds. The number of hydrogen-bond acceptors (Lipinski definition) is 2. The van der Waals surface area contributed by atoms with Gasteiger partial charge in [0.2, 0.25) is 11.8 Å². The molecular weight excluding hydrogens is 348 g/mol. The van der Waals surface area contributed by atoms with E-state index in [2.05, 4.69) is 26.1 Å². The van der Waals surface area contributed by atoms with Crippen molar-refractivity contribution in [1.82, 2.24) is 5.32 Å². The van der Waals surface area contributed by atoms with E-state index < -0.39 is 0 Å². The molecule has 1 N–H and O–H groups in total. The Balaban J connectivity index is 2.16. The molecule has 138 valence electrons. The minimum Gasteiger partial charge on any atom is -0.350 e. The molecule has 2 aromatic rings. The minimum atomic E-state index is -0.233. The predicted octanol–water partition coefficient (Wildman–Crippen LogP) is 4.31. The van der Waals surface area contributed by atoms with E-state index in [1.165, 1.54) is 11.8 Å². The Morgan fingerprint density at radius 2 is 1.65 bits per heavy atom. The highest BCUT2D eigenvalue weighted by atomic mass is 35.5. The molecule has 0 fully saturated rings. The van der Waals surface area contributed by atoms with Crippen molar-refractivity contribution in [2.24, 2.45) is 0 Å². The van der Waals surface area contributed by atoms with Crippen molar-refractivity contribution in [2.75, 3.05) is 11.4 Å². The van der Waals surface area contributed by atoms with Gasteiger partial charge in [0.25, 0.3) is 0 Å². The number of hydrogen-bond donors (Lipinski definition) is 1. The van der Waals surface area contributed by atoms with Gasteiger partial charge in [-0.1, -0.05) is 68.8 Å². The van der Waals surface area contributed by atoms with Crippen LogP contribution in [-0.4, -0.2) is 18.4 Å². The highest BCUT2D eigenvalue weighted by Gasteiger charge is 2.24. The fourth-order valence-electron chi connectivity index (χ4n) is 2.74. The van der Waals surface area contributed by atoms with Gasteiger partial charge < -0.3 is 10.2 Å². The van der Waals surface area contributed by atoms with Crippen molar-refractivity contribution in [1.29, 1.82) is 0 Å². The molecule has 0 unspecified atom stereocenters. The second kappa shape index (κ2) is 8.37. The molecule has 0 saturated heterocycles. The van der Waals surface area contributed by atoms with Gasteiger partial charge in [-0.15, -0.1) is 0 Å². The molecule has 4 nitrogen and oxygen atoms in total. The number of nitrogens with zero attached hydrogens (tertiary/aromatic N) is 1. The quantitative estimate of drug-likeness (QED) is 0.850. The molecule has 0 aliphatic carbocycles. The number of amides is 2. The van der Waals surface area contributed by atoms with Crippen LogP contribution in [0, 0.1) is 0 Å². The van der Waals surface area contributed by atoms with E-state index in [9.17, 15) is 9.59 Å². The molecule has 0 heterocycles. The Labute approximate surface area is 160 Å². The summed E-state index contributed by atoms with van der Waals surface area (Å²) >= 11 is 6.11. The second-order valence-electron chi connectivity index (χ2n) is 7.24. The molecule has 2 aromatic carbocycles. The van der Waals surface area contributed by atoms with Crippen molar-refractivity contribution in [3.05, 3.63) is 64.7 Å². The highest BCUT2D eigenvalue weighted by molar-refractivity contribution is 6.31. The molecule has 2 rings (SSSR count). The van der Waals surface area contributed by atoms with Crippen LogP contribution in [0.25, 0.3) is 0 Å². The van der Waals surface area contributed by atoms with E-state index in [0.29, 0.717) is 11.6 Å². The van der Waals surface area contributed by atoms with Crippen LogP contribution < -0.4 is 10.2 Å². The van der Waals surface area contributed by atoms with E-state index >= 15 is 0 Å². The first-order chi connectivity index (χ1) is 12.2. The fraction of sp³-hybridized carbons (Fsp3) is 0.333. The van der Waals surface area contributed by atoms with Gasteiger partial charge in [-0.05, 0) is 28.7 Å². The van der Waals surface area contributed by atoms with E-state index in [0.717, 1.165) is 16.8 Å². The molecule has 0 saturated carbocycles. The van der Waals surface area contributed by atoms with Crippen LogP contribution in [-0.2, 0) is 21.5 Å². The van der Waals surface area contributed by atoms with E-state index in [1.807, 2.05) is 42.5 Å². The Hall–Kier alpha value is -2.33. The summed E-state index contributed by atoms with van der Waals surface area (Å²) in [6, 6.07) is 15.0. The van der Waals surface area contributed by atoms with Crippen molar-refractivity contribution in [3.8, 4) is 0 Å². The molecule has 0 aromatic heterocycles. The summed E-state index contributed by atoms with van der Waals surface area (Å²) in [5.74, 6) is -0.404. The van der Waals surface area contributed by atoms with Crippen LogP contribution in [0.3, 0.4) is 0 Å². The molecule has 26 heavy (non-hydrogen) atoms. The lowest BCUT2D eigenvalue weighted by Crippen LogP contribution is -2.40. The van der Waals surface area contributed by atoms with Crippen LogP contribution in [0.2, 0.25) is 5.02 Å². The number of nitrogens with one attached hydrogen (secondary N) is 1. The van der Waals surface area contributed by atoms with Gasteiger partial charge in [0, 0.05) is 24.2 Å². The third kappa shape index (κ3) is 5.09. The Morgan fingerprint density at radius 1 is 1.04 bits per heavy atom. The van der Waals surface area contributed by atoms with Crippen molar-refractivity contribution in [3.63, 3.8) is 0 Å². The first-order valence-corrected chi connectivity index (χ1v) is 8.95. The van der Waals surface area contributed by atoms with Crippen molar-refractivity contribution >= 4 is 29.1 Å². The molecule has 0 spiro atoms. The lowest BCUT2D eigenvalue weighted by atomic mass is 9.85. The summed E-state index contributed by atoms with van der Waals surface area (Å²) in [5, 5.41) is 3.44. The molecule has 0 bridgehead atoms. The topological polar surface area (TPSA) is 49.4 Å². The molecular formula is C21H25ClN2O2. The number of halogens is 1. The monoisotopic (exact) mass is 372 g/mol. The van der Waals surface area contributed by atoms with Crippen LogP contribution in [0.4, 0.5) is 5.69 Å². The number of para-hydroxylation sites is 1. The van der Waals surface area contributed by atoms with E-state index in [-0.39, 0.29) is 23.8 Å².